The molecule has 102 valence electrons. The van der Waals surface area contributed by atoms with E-state index in [0.29, 0.717) is 17.3 Å². The zero-order chi connectivity index (χ0) is 14.0. The molecule has 0 aromatic heterocycles. The number of benzene rings is 1. The van der Waals surface area contributed by atoms with E-state index in [0.717, 1.165) is 25.8 Å². The molecule has 1 aliphatic carbocycles. The van der Waals surface area contributed by atoms with E-state index in [9.17, 15) is 14.9 Å². The third-order valence-electron chi connectivity index (χ3n) is 3.34. The number of carbonyl (C=O) groups is 1. The number of carbonyl (C=O) groups excluding carboxylic acids is 1. The first kappa shape index (κ1) is 13.5. The van der Waals surface area contributed by atoms with E-state index in [4.69, 9.17) is 0 Å². The predicted octanol–water partition coefficient (Wildman–Crippen LogP) is 3.18. The molecular weight excluding hydrogens is 244 g/mol. The van der Waals surface area contributed by atoms with Gasteiger partial charge in [-0.2, -0.15) is 0 Å². The van der Waals surface area contributed by atoms with E-state index in [2.05, 4.69) is 11.8 Å². The summed E-state index contributed by atoms with van der Waals surface area (Å²) in [6, 6.07) is 5.20. The van der Waals surface area contributed by atoms with Gasteiger partial charge in [-0.3, -0.25) is 14.9 Å². The molecule has 0 spiro atoms. The molecule has 1 fully saturated rings. The monoisotopic (exact) mass is 262 g/mol. The van der Waals surface area contributed by atoms with Gasteiger partial charge in [0, 0.05) is 24.2 Å². The van der Waals surface area contributed by atoms with Gasteiger partial charge >= 0.3 is 0 Å². The van der Waals surface area contributed by atoms with Crippen LogP contribution in [0.5, 0.6) is 0 Å². The third-order valence-corrected chi connectivity index (χ3v) is 3.34. The fourth-order valence-corrected chi connectivity index (χ4v) is 2.26. The normalized spacial score (nSPS) is 14.2. The highest BCUT2D eigenvalue weighted by atomic mass is 16.6. The average molecular weight is 262 g/mol. The summed E-state index contributed by atoms with van der Waals surface area (Å²) >= 11 is 0. The molecule has 19 heavy (non-hydrogen) atoms. The van der Waals surface area contributed by atoms with Crippen LogP contribution in [0, 0.1) is 10.1 Å². The SMILES string of the molecule is CCCN(c1ccc(C(C)=O)cc1[N+](=O)[O-])C1CC1. The van der Waals surface area contributed by atoms with Crippen LogP contribution in [-0.4, -0.2) is 23.3 Å². The zero-order valence-electron chi connectivity index (χ0n) is 11.3. The molecule has 0 bridgehead atoms. The van der Waals surface area contributed by atoms with Crippen molar-refractivity contribution in [2.45, 2.75) is 39.2 Å². The molecular formula is C14H18N2O3. The van der Waals surface area contributed by atoms with E-state index in [1.54, 1.807) is 12.1 Å². The summed E-state index contributed by atoms with van der Waals surface area (Å²) in [7, 11) is 0. The van der Waals surface area contributed by atoms with Crippen molar-refractivity contribution >= 4 is 17.2 Å². The van der Waals surface area contributed by atoms with Gasteiger partial charge in [-0.15, -0.1) is 0 Å². The Morgan fingerprint density at radius 2 is 2.16 bits per heavy atom. The Labute approximate surface area is 112 Å². The van der Waals surface area contributed by atoms with Crippen LogP contribution < -0.4 is 4.90 Å². The van der Waals surface area contributed by atoms with Gasteiger partial charge in [-0.05, 0) is 38.3 Å². The molecule has 0 radical (unpaired) electrons. The van der Waals surface area contributed by atoms with Crippen LogP contribution in [0.3, 0.4) is 0 Å². The van der Waals surface area contributed by atoms with Crippen LogP contribution in [0.15, 0.2) is 18.2 Å². The van der Waals surface area contributed by atoms with Crippen molar-refractivity contribution in [3.63, 3.8) is 0 Å². The van der Waals surface area contributed by atoms with E-state index >= 15 is 0 Å². The Kier molecular flexibility index (Phi) is 3.83. The molecule has 1 aromatic rings. The molecule has 0 atom stereocenters. The zero-order valence-corrected chi connectivity index (χ0v) is 11.3. The highest BCUT2D eigenvalue weighted by molar-refractivity contribution is 5.95. The number of nitrogens with zero attached hydrogens (tertiary/aromatic N) is 2. The van der Waals surface area contributed by atoms with Gasteiger partial charge in [0.2, 0.25) is 0 Å². The molecule has 2 rings (SSSR count). The molecule has 5 heteroatoms. The first-order chi connectivity index (χ1) is 9.04. The lowest BCUT2D eigenvalue weighted by atomic mass is 10.1. The second-order valence-electron chi connectivity index (χ2n) is 4.94. The fourth-order valence-electron chi connectivity index (χ4n) is 2.26. The lowest BCUT2D eigenvalue weighted by molar-refractivity contribution is -0.384. The molecule has 0 aliphatic heterocycles. The van der Waals surface area contributed by atoms with Crippen LogP contribution in [0.4, 0.5) is 11.4 Å². The standard InChI is InChI=1S/C14H18N2O3/c1-3-8-15(12-5-6-12)13-7-4-11(10(2)17)9-14(13)16(18)19/h4,7,9,12H,3,5-6,8H2,1-2H3. The minimum atomic E-state index is -0.396. The Hall–Kier alpha value is -1.91. The van der Waals surface area contributed by atoms with Crippen LogP contribution >= 0.6 is 0 Å². The van der Waals surface area contributed by atoms with Crippen LogP contribution in [-0.2, 0) is 0 Å². The van der Waals surface area contributed by atoms with Crippen molar-refractivity contribution in [3.8, 4) is 0 Å². The highest BCUT2D eigenvalue weighted by Gasteiger charge is 2.32. The van der Waals surface area contributed by atoms with Crippen molar-refractivity contribution in [2.24, 2.45) is 0 Å². The lowest BCUT2D eigenvalue weighted by Gasteiger charge is -2.23. The summed E-state index contributed by atoms with van der Waals surface area (Å²) in [6.07, 6.45) is 3.12. The first-order valence-corrected chi connectivity index (χ1v) is 6.60. The van der Waals surface area contributed by atoms with Gasteiger partial charge in [-0.25, -0.2) is 0 Å². The molecule has 0 heterocycles. The van der Waals surface area contributed by atoms with Gasteiger partial charge in [0.05, 0.1) is 4.92 Å². The molecule has 0 unspecified atom stereocenters. The maximum Gasteiger partial charge on any atom is 0.293 e. The molecule has 1 aromatic carbocycles. The number of anilines is 1. The Balaban J connectivity index is 2.42. The summed E-state index contributed by atoms with van der Waals surface area (Å²) in [5.74, 6) is -0.150. The maximum atomic E-state index is 11.3. The molecule has 1 saturated carbocycles. The number of hydrogen-bond acceptors (Lipinski definition) is 4. The first-order valence-electron chi connectivity index (χ1n) is 6.60. The summed E-state index contributed by atoms with van der Waals surface area (Å²) < 4.78 is 0. The maximum absolute atomic E-state index is 11.3. The van der Waals surface area contributed by atoms with Crippen molar-refractivity contribution in [1.29, 1.82) is 0 Å². The summed E-state index contributed by atoms with van der Waals surface area (Å²) in [5, 5.41) is 11.2. The molecule has 0 N–H and O–H groups in total. The average Bonchev–Trinajstić information content (AvgIpc) is 3.19. The number of rotatable bonds is 6. The van der Waals surface area contributed by atoms with Crippen molar-refractivity contribution in [1.82, 2.24) is 0 Å². The van der Waals surface area contributed by atoms with Gasteiger partial charge in [-0.1, -0.05) is 6.92 Å². The Bertz CT molecular complexity index is 509. The quantitative estimate of drug-likeness (QED) is 0.448. The van der Waals surface area contributed by atoms with Gasteiger partial charge in [0.15, 0.2) is 5.78 Å². The number of hydrogen-bond donors (Lipinski definition) is 0. The van der Waals surface area contributed by atoms with E-state index < -0.39 is 4.92 Å². The number of nitro benzene ring substituents is 1. The minimum absolute atomic E-state index is 0.0352. The number of Topliss-reactive ketones (excluding diaryl/α,β-unsaturated/α-hetero) is 1. The molecule has 0 amide bonds. The van der Waals surface area contributed by atoms with Crippen LogP contribution in [0.2, 0.25) is 0 Å². The van der Waals surface area contributed by atoms with E-state index in [1.807, 2.05) is 0 Å². The topological polar surface area (TPSA) is 63.5 Å². The summed E-state index contributed by atoms with van der Waals surface area (Å²) in [6.45, 7) is 4.29. The van der Waals surface area contributed by atoms with Gasteiger partial charge in [0.1, 0.15) is 5.69 Å². The van der Waals surface area contributed by atoms with Crippen molar-refractivity contribution < 1.29 is 9.72 Å². The van der Waals surface area contributed by atoms with Crippen molar-refractivity contribution in [3.05, 3.63) is 33.9 Å². The summed E-state index contributed by atoms with van der Waals surface area (Å²) in [4.78, 5) is 24.3. The molecule has 1 aliphatic rings. The van der Waals surface area contributed by atoms with Crippen LogP contribution in [0.1, 0.15) is 43.5 Å². The third kappa shape index (κ3) is 2.92. The van der Waals surface area contributed by atoms with Gasteiger partial charge in [0.25, 0.3) is 5.69 Å². The molecule has 5 nitrogen and oxygen atoms in total. The predicted molar refractivity (Wildman–Crippen MR) is 73.8 cm³/mol. The van der Waals surface area contributed by atoms with Crippen molar-refractivity contribution in [2.75, 3.05) is 11.4 Å². The minimum Gasteiger partial charge on any atom is -0.363 e. The fraction of sp³-hybridized carbons (Fsp3) is 0.500. The second-order valence-corrected chi connectivity index (χ2v) is 4.94. The lowest BCUT2D eigenvalue weighted by Crippen LogP contribution is -2.27. The number of ketones is 1. The molecule has 0 saturated heterocycles. The Morgan fingerprint density at radius 3 is 2.63 bits per heavy atom. The highest BCUT2D eigenvalue weighted by Crippen LogP contribution is 2.37. The van der Waals surface area contributed by atoms with E-state index in [1.165, 1.54) is 13.0 Å². The smallest absolute Gasteiger partial charge is 0.293 e. The van der Waals surface area contributed by atoms with Gasteiger partial charge < -0.3 is 4.90 Å². The number of nitro groups is 1. The summed E-state index contributed by atoms with van der Waals surface area (Å²) in [5.41, 5.74) is 1.06. The second kappa shape index (κ2) is 5.38. The van der Waals surface area contributed by atoms with E-state index in [-0.39, 0.29) is 11.5 Å². The van der Waals surface area contributed by atoms with Crippen LogP contribution in [0.25, 0.3) is 0 Å². The Morgan fingerprint density at radius 1 is 1.47 bits per heavy atom. The largest absolute Gasteiger partial charge is 0.363 e.